The second-order valence-corrected chi connectivity index (χ2v) is 7.52. The summed E-state index contributed by atoms with van der Waals surface area (Å²) in [4.78, 5) is 40.6. The summed E-state index contributed by atoms with van der Waals surface area (Å²) in [6, 6.07) is 16.1. The Balaban J connectivity index is 1.85. The first-order valence-electron chi connectivity index (χ1n) is 9.24. The number of carbonyl (C=O) groups is 3. The molecule has 2 aliphatic heterocycles. The van der Waals surface area contributed by atoms with E-state index < -0.39 is 29.4 Å². The topological polar surface area (TPSA) is 75.7 Å². The third kappa shape index (κ3) is 2.48. The SMILES string of the molecule is COC(=O)[C@@]1(C)N[C@H](c2ccccc2C)[C@H]2C(=O)N(c3ccccc3)C(=O)[C@H]21. The van der Waals surface area contributed by atoms with Gasteiger partial charge in [0, 0.05) is 6.04 Å². The summed E-state index contributed by atoms with van der Waals surface area (Å²) in [5.41, 5.74) is 1.12. The molecular weight excluding hydrogens is 356 g/mol. The monoisotopic (exact) mass is 378 g/mol. The molecule has 6 nitrogen and oxygen atoms in total. The van der Waals surface area contributed by atoms with Gasteiger partial charge >= 0.3 is 5.97 Å². The van der Waals surface area contributed by atoms with Gasteiger partial charge in [0.25, 0.3) is 0 Å². The summed E-state index contributed by atoms with van der Waals surface area (Å²) in [6.07, 6.45) is 0. The maximum Gasteiger partial charge on any atom is 0.326 e. The van der Waals surface area contributed by atoms with Crippen molar-refractivity contribution < 1.29 is 19.1 Å². The van der Waals surface area contributed by atoms with Crippen molar-refractivity contribution >= 4 is 23.5 Å². The molecule has 2 aliphatic rings. The predicted octanol–water partition coefficient (Wildman–Crippen LogP) is 2.38. The van der Waals surface area contributed by atoms with Gasteiger partial charge < -0.3 is 4.74 Å². The second-order valence-electron chi connectivity index (χ2n) is 7.52. The van der Waals surface area contributed by atoms with E-state index in [0.717, 1.165) is 11.1 Å². The number of hydrogen-bond donors (Lipinski definition) is 1. The van der Waals surface area contributed by atoms with Crippen LogP contribution >= 0.6 is 0 Å². The Hall–Kier alpha value is -2.99. The van der Waals surface area contributed by atoms with Gasteiger partial charge in [-0.15, -0.1) is 0 Å². The van der Waals surface area contributed by atoms with Gasteiger partial charge in [0.05, 0.1) is 24.6 Å². The zero-order chi connectivity index (χ0) is 20.1. The maximum absolute atomic E-state index is 13.4. The first-order chi connectivity index (χ1) is 13.4. The molecule has 28 heavy (non-hydrogen) atoms. The van der Waals surface area contributed by atoms with Crippen molar-refractivity contribution in [3.8, 4) is 0 Å². The number of ether oxygens (including phenoxy) is 1. The summed E-state index contributed by atoms with van der Waals surface area (Å²) >= 11 is 0. The highest BCUT2D eigenvalue weighted by Crippen LogP contribution is 2.50. The molecule has 2 aromatic carbocycles. The lowest BCUT2D eigenvalue weighted by Crippen LogP contribution is -2.54. The van der Waals surface area contributed by atoms with Gasteiger partial charge in [-0.1, -0.05) is 42.5 Å². The number of nitrogens with one attached hydrogen (secondary N) is 1. The maximum atomic E-state index is 13.4. The number of nitrogens with zero attached hydrogens (tertiary/aromatic N) is 1. The molecule has 0 aliphatic carbocycles. The van der Waals surface area contributed by atoms with Crippen molar-refractivity contribution in [2.24, 2.45) is 11.8 Å². The molecule has 4 rings (SSSR count). The Morgan fingerprint density at radius 1 is 1.04 bits per heavy atom. The van der Waals surface area contributed by atoms with E-state index in [-0.39, 0.29) is 11.8 Å². The molecule has 2 aromatic rings. The van der Waals surface area contributed by atoms with Crippen LogP contribution in [0.3, 0.4) is 0 Å². The van der Waals surface area contributed by atoms with E-state index in [2.05, 4.69) is 5.32 Å². The van der Waals surface area contributed by atoms with Gasteiger partial charge in [0.2, 0.25) is 11.8 Å². The van der Waals surface area contributed by atoms with Crippen molar-refractivity contribution in [3.05, 3.63) is 65.7 Å². The minimum absolute atomic E-state index is 0.297. The van der Waals surface area contributed by atoms with E-state index in [4.69, 9.17) is 4.74 Å². The summed E-state index contributed by atoms with van der Waals surface area (Å²) < 4.78 is 5.00. The van der Waals surface area contributed by atoms with Crippen molar-refractivity contribution in [2.75, 3.05) is 12.0 Å². The number of hydrogen-bond acceptors (Lipinski definition) is 5. The number of imide groups is 1. The lowest BCUT2D eigenvalue weighted by Gasteiger charge is -2.29. The van der Waals surface area contributed by atoms with Crippen LogP contribution in [0.1, 0.15) is 24.1 Å². The molecule has 0 radical (unpaired) electrons. The number of aryl methyl sites for hydroxylation is 1. The van der Waals surface area contributed by atoms with Gasteiger partial charge in [0.1, 0.15) is 5.54 Å². The van der Waals surface area contributed by atoms with Crippen molar-refractivity contribution in [3.63, 3.8) is 0 Å². The third-order valence-electron chi connectivity index (χ3n) is 5.93. The standard InChI is InChI=1S/C22H22N2O4/c1-13-9-7-8-12-15(13)18-16-17(22(2,23-18)21(27)28-3)20(26)24(19(16)25)14-10-5-4-6-11-14/h4-12,16-18,23H,1-3H3/t16-,17-,18+,22-/m0/s1. The molecular formula is C22H22N2O4. The van der Waals surface area contributed by atoms with Gasteiger partial charge in [-0.25, -0.2) is 4.90 Å². The highest BCUT2D eigenvalue weighted by atomic mass is 16.5. The van der Waals surface area contributed by atoms with Crippen LogP contribution in [0.25, 0.3) is 0 Å². The Bertz CT molecular complexity index is 958. The number of carbonyl (C=O) groups excluding carboxylic acids is 3. The fourth-order valence-electron chi connectivity index (χ4n) is 4.57. The Morgan fingerprint density at radius 3 is 2.32 bits per heavy atom. The van der Waals surface area contributed by atoms with Crippen LogP contribution in [0.15, 0.2) is 54.6 Å². The Labute approximate surface area is 163 Å². The molecule has 0 bridgehead atoms. The minimum atomic E-state index is -1.29. The summed E-state index contributed by atoms with van der Waals surface area (Å²) in [7, 11) is 1.29. The molecule has 6 heteroatoms. The van der Waals surface area contributed by atoms with Crippen LogP contribution in [-0.4, -0.2) is 30.4 Å². The van der Waals surface area contributed by atoms with Crippen LogP contribution in [0.5, 0.6) is 0 Å². The van der Waals surface area contributed by atoms with Crippen LogP contribution in [0.2, 0.25) is 0 Å². The molecule has 1 N–H and O–H groups in total. The zero-order valence-electron chi connectivity index (χ0n) is 16.0. The average molecular weight is 378 g/mol. The quantitative estimate of drug-likeness (QED) is 0.656. The Kier molecular flexibility index (Phi) is 4.31. The Morgan fingerprint density at radius 2 is 1.68 bits per heavy atom. The van der Waals surface area contributed by atoms with E-state index in [1.807, 2.05) is 37.3 Å². The highest BCUT2D eigenvalue weighted by Gasteiger charge is 2.67. The number of methoxy groups -OCH3 is 1. The largest absolute Gasteiger partial charge is 0.468 e. The van der Waals surface area contributed by atoms with Crippen LogP contribution in [-0.2, 0) is 19.1 Å². The van der Waals surface area contributed by atoms with Gasteiger partial charge in [0.15, 0.2) is 0 Å². The zero-order valence-corrected chi connectivity index (χ0v) is 16.0. The van der Waals surface area contributed by atoms with Gasteiger partial charge in [-0.2, -0.15) is 0 Å². The van der Waals surface area contributed by atoms with E-state index in [9.17, 15) is 14.4 Å². The lowest BCUT2D eigenvalue weighted by molar-refractivity contribution is -0.151. The molecule has 4 atom stereocenters. The number of benzene rings is 2. The van der Waals surface area contributed by atoms with E-state index in [0.29, 0.717) is 5.69 Å². The molecule has 0 spiro atoms. The molecule has 0 aromatic heterocycles. The molecule has 2 saturated heterocycles. The van der Waals surface area contributed by atoms with Crippen molar-refractivity contribution in [1.29, 1.82) is 0 Å². The molecule has 0 unspecified atom stereocenters. The molecule has 2 fully saturated rings. The van der Waals surface area contributed by atoms with E-state index in [1.165, 1.54) is 12.0 Å². The normalized spacial score (nSPS) is 29.1. The second kappa shape index (κ2) is 6.56. The fourth-order valence-corrected chi connectivity index (χ4v) is 4.57. The molecule has 144 valence electrons. The number of para-hydroxylation sites is 1. The fraction of sp³-hybridized carbons (Fsp3) is 0.318. The number of rotatable bonds is 3. The predicted molar refractivity (Wildman–Crippen MR) is 103 cm³/mol. The molecule has 2 amide bonds. The van der Waals surface area contributed by atoms with Gasteiger partial charge in [-0.3, -0.25) is 19.7 Å². The highest BCUT2D eigenvalue weighted by molar-refractivity contribution is 6.24. The van der Waals surface area contributed by atoms with Crippen LogP contribution < -0.4 is 10.2 Å². The summed E-state index contributed by atoms with van der Waals surface area (Å²) in [5.74, 6) is -2.74. The first kappa shape index (κ1) is 18.4. The smallest absolute Gasteiger partial charge is 0.326 e. The molecule has 0 saturated carbocycles. The average Bonchev–Trinajstić information content (AvgIpc) is 3.16. The van der Waals surface area contributed by atoms with Crippen molar-refractivity contribution in [1.82, 2.24) is 5.32 Å². The third-order valence-corrected chi connectivity index (χ3v) is 5.93. The molecule has 2 heterocycles. The minimum Gasteiger partial charge on any atom is -0.468 e. The van der Waals surface area contributed by atoms with E-state index in [1.54, 1.807) is 31.2 Å². The number of anilines is 1. The lowest BCUT2D eigenvalue weighted by atomic mass is 9.80. The van der Waals surface area contributed by atoms with Gasteiger partial charge in [-0.05, 0) is 37.1 Å². The summed E-state index contributed by atoms with van der Waals surface area (Å²) in [6.45, 7) is 3.60. The number of amides is 2. The first-order valence-corrected chi connectivity index (χ1v) is 9.24. The number of esters is 1. The summed E-state index contributed by atoms with van der Waals surface area (Å²) in [5, 5.41) is 3.27. The number of fused-ring (bicyclic) bond motifs is 1. The van der Waals surface area contributed by atoms with Crippen LogP contribution in [0.4, 0.5) is 5.69 Å². The van der Waals surface area contributed by atoms with E-state index >= 15 is 0 Å². The van der Waals surface area contributed by atoms with Crippen LogP contribution in [0, 0.1) is 18.8 Å². The van der Waals surface area contributed by atoms with Crippen molar-refractivity contribution in [2.45, 2.75) is 25.4 Å².